The molecule has 2 atom stereocenters. The van der Waals surface area contributed by atoms with Gasteiger partial charge in [-0.05, 0) is 58.7 Å². The SMILES string of the molecule is CC(CNS(=O)(=O)CCC1CCCCN1)N1CCCCC1. The van der Waals surface area contributed by atoms with Crippen LogP contribution < -0.4 is 10.0 Å². The number of sulfonamides is 1. The lowest BCUT2D eigenvalue weighted by Gasteiger charge is -2.32. The number of rotatable bonds is 7. The van der Waals surface area contributed by atoms with Crippen LogP contribution in [0.2, 0.25) is 0 Å². The van der Waals surface area contributed by atoms with E-state index in [2.05, 4.69) is 21.9 Å². The first-order valence-corrected chi connectivity index (χ1v) is 10.2. The van der Waals surface area contributed by atoms with E-state index in [0.717, 1.165) is 32.5 Å². The van der Waals surface area contributed by atoms with Crippen molar-refractivity contribution in [3.63, 3.8) is 0 Å². The summed E-state index contributed by atoms with van der Waals surface area (Å²) in [5.41, 5.74) is 0. The maximum atomic E-state index is 12.1. The first kappa shape index (κ1) is 17.2. The predicted octanol–water partition coefficient (Wildman–Crippen LogP) is 1.31. The second-order valence-corrected chi connectivity index (χ2v) is 8.47. The van der Waals surface area contributed by atoms with Crippen LogP contribution in [-0.4, -0.2) is 57.3 Å². The van der Waals surface area contributed by atoms with Gasteiger partial charge < -0.3 is 5.32 Å². The van der Waals surface area contributed by atoms with Crippen molar-refractivity contribution in [1.82, 2.24) is 14.9 Å². The Labute approximate surface area is 129 Å². The van der Waals surface area contributed by atoms with Crippen LogP contribution in [0.5, 0.6) is 0 Å². The summed E-state index contributed by atoms with van der Waals surface area (Å²) in [5.74, 6) is 0.247. The molecule has 0 aliphatic carbocycles. The van der Waals surface area contributed by atoms with Gasteiger partial charge in [0, 0.05) is 18.6 Å². The van der Waals surface area contributed by atoms with Crippen LogP contribution >= 0.6 is 0 Å². The van der Waals surface area contributed by atoms with Crippen LogP contribution in [0, 0.1) is 0 Å². The predicted molar refractivity (Wildman–Crippen MR) is 86.9 cm³/mol. The third-order valence-corrected chi connectivity index (χ3v) is 6.14. The summed E-state index contributed by atoms with van der Waals surface area (Å²) >= 11 is 0. The van der Waals surface area contributed by atoms with Gasteiger partial charge in [0.1, 0.15) is 0 Å². The molecule has 2 aliphatic heterocycles. The molecule has 0 saturated carbocycles. The van der Waals surface area contributed by atoms with Crippen molar-refractivity contribution in [2.45, 2.75) is 64.0 Å². The average molecular weight is 317 g/mol. The highest BCUT2D eigenvalue weighted by Crippen LogP contribution is 2.13. The summed E-state index contributed by atoms with van der Waals surface area (Å²) in [6, 6.07) is 0.683. The van der Waals surface area contributed by atoms with E-state index in [-0.39, 0.29) is 5.75 Å². The lowest BCUT2D eigenvalue weighted by atomic mass is 10.0. The molecule has 124 valence electrons. The minimum atomic E-state index is -3.13. The highest BCUT2D eigenvalue weighted by molar-refractivity contribution is 7.89. The lowest BCUT2D eigenvalue weighted by molar-refractivity contribution is 0.175. The molecule has 0 bridgehead atoms. The summed E-state index contributed by atoms with van der Waals surface area (Å²) in [4.78, 5) is 2.40. The van der Waals surface area contributed by atoms with E-state index in [0.29, 0.717) is 18.6 Å². The van der Waals surface area contributed by atoms with Crippen LogP contribution in [-0.2, 0) is 10.0 Å². The Hall–Kier alpha value is -0.170. The molecule has 2 N–H and O–H groups in total. The zero-order valence-corrected chi connectivity index (χ0v) is 14.1. The summed E-state index contributed by atoms with van der Waals surface area (Å²) in [6.07, 6.45) is 8.07. The summed E-state index contributed by atoms with van der Waals surface area (Å²) < 4.78 is 27.0. The molecule has 0 spiro atoms. The largest absolute Gasteiger partial charge is 0.314 e. The molecule has 0 amide bonds. The van der Waals surface area contributed by atoms with E-state index in [4.69, 9.17) is 0 Å². The van der Waals surface area contributed by atoms with Crippen molar-refractivity contribution in [2.24, 2.45) is 0 Å². The number of hydrogen-bond acceptors (Lipinski definition) is 4. The van der Waals surface area contributed by atoms with Gasteiger partial charge in [0.25, 0.3) is 0 Å². The van der Waals surface area contributed by atoms with Gasteiger partial charge in [-0.2, -0.15) is 0 Å². The van der Waals surface area contributed by atoms with E-state index < -0.39 is 10.0 Å². The molecule has 21 heavy (non-hydrogen) atoms. The second kappa shape index (κ2) is 8.46. The quantitative estimate of drug-likeness (QED) is 0.743. The minimum absolute atomic E-state index is 0.247. The first-order valence-electron chi connectivity index (χ1n) is 8.51. The van der Waals surface area contributed by atoms with Gasteiger partial charge in [0.15, 0.2) is 0 Å². The van der Waals surface area contributed by atoms with E-state index in [1.54, 1.807) is 0 Å². The van der Waals surface area contributed by atoms with Crippen LogP contribution in [0.25, 0.3) is 0 Å². The van der Waals surface area contributed by atoms with Gasteiger partial charge in [0.2, 0.25) is 10.0 Å². The fourth-order valence-corrected chi connectivity index (χ4v) is 4.51. The summed E-state index contributed by atoms with van der Waals surface area (Å²) in [6.45, 7) is 5.91. The van der Waals surface area contributed by atoms with Crippen LogP contribution in [0.15, 0.2) is 0 Å². The topological polar surface area (TPSA) is 61.4 Å². The molecule has 0 aromatic carbocycles. The van der Waals surface area contributed by atoms with Gasteiger partial charge in [-0.3, -0.25) is 4.90 Å². The number of nitrogens with zero attached hydrogens (tertiary/aromatic N) is 1. The molecule has 2 saturated heterocycles. The number of likely N-dealkylation sites (tertiary alicyclic amines) is 1. The molecule has 2 heterocycles. The van der Waals surface area contributed by atoms with Gasteiger partial charge in [-0.25, -0.2) is 13.1 Å². The van der Waals surface area contributed by atoms with Crippen molar-refractivity contribution in [2.75, 3.05) is 31.9 Å². The normalized spacial score (nSPS) is 26.6. The van der Waals surface area contributed by atoms with Gasteiger partial charge >= 0.3 is 0 Å². The van der Waals surface area contributed by atoms with Crippen molar-refractivity contribution >= 4 is 10.0 Å². The Bertz CT molecular complexity index is 388. The van der Waals surface area contributed by atoms with Crippen molar-refractivity contribution in [1.29, 1.82) is 0 Å². The number of hydrogen-bond donors (Lipinski definition) is 2. The molecule has 2 rings (SSSR count). The maximum absolute atomic E-state index is 12.1. The molecule has 0 aromatic rings. The minimum Gasteiger partial charge on any atom is -0.314 e. The Morgan fingerprint density at radius 1 is 1.19 bits per heavy atom. The molecule has 2 unspecified atom stereocenters. The van der Waals surface area contributed by atoms with Crippen molar-refractivity contribution in [3.05, 3.63) is 0 Å². The lowest BCUT2D eigenvalue weighted by Crippen LogP contribution is -2.45. The molecular formula is C15H31N3O2S. The summed E-state index contributed by atoms with van der Waals surface area (Å²) in [5, 5.41) is 3.41. The Morgan fingerprint density at radius 3 is 2.62 bits per heavy atom. The zero-order chi connectivity index (χ0) is 15.1. The Balaban J connectivity index is 1.67. The van der Waals surface area contributed by atoms with Crippen molar-refractivity contribution < 1.29 is 8.42 Å². The standard InChI is InChI=1S/C15H31N3O2S/c1-14(18-10-5-2-6-11-18)13-17-21(19,20)12-8-15-7-3-4-9-16-15/h14-17H,2-13H2,1H3. The Morgan fingerprint density at radius 2 is 1.95 bits per heavy atom. The molecular weight excluding hydrogens is 286 g/mol. The zero-order valence-electron chi connectivity index (χ0n) is 13.3. The maximum Gasteiger partial charge on any atom is 0.211 e. The third kappa shape index (κ3) is 6.22. The van der Waals surface area contributed by atoms with Crippen molar-refractivity contribution in [3.8, 4) is 0 Å². The van der Waals surface area contributed by atoms with Gasteiger partial charge in [-0.1, -0.05) is 12.8 Å². The van der Waals surface area contributed by atoms with E-state index >= 15 is 0 Å². The second-order valence-electron chi connectivity index (χ2n) is 6.55. The van der Waals surface area contributed by atoms with E-state index in [1.807, 2.05) is 0 Å². The first-order chi connectivity index (χ1) is 10.1. The van der Waals surface area contributed by atoms with Gasteiger partial charge in [0.05, 0.1) is 5.75 Å². The molecule has 2 aliphatic rings. The highest BCUT2D eigenvalue weighted by atomic mass is 32.2. The summed E-state index contributed by atoms with van der Waals surface area (Å²) in [7, 11) is -3.13. The smallest absolute Gasteiger partial charge is 0.211 e. The highest BCUT2D eigenvalue weighted by Gasteiger charge is 2.20. The van der Waals surface area contributed by atoms with Crippen LogP contribution in [0.4, 0.5) is 0 Å². The number of nitrogens with one attached hydrogen (secondary N) is 2. The van der Waals surface area contributed by atoms with Gasteiger partial charge in [-0.15, -0.1) is 0 Å². The Kier molecular flexibility index (Phi) is 6.92. The van der Waals surface area contributed by atoms with Crippen LogP contribution in [0.3, 0.4) is 0 Å². The monoisotopic (exact) mass is 317 g/mol. The number of piperidine rings is 2. The fraction of sp³-hybridized carbons (Fsp3) is 1.00. The molecule has 5 nitrogen and oxygen atoms in total. The van der Waals surface area contributed by atoms with E-state index in [1.165, 1.54) is 32.1 Å². The van der Waals surface area contributed by atoms with E-state index in [9.17, 15) is 8.42 Å². The molecule has 0 aromatic heterocycles. The fourth-order valence-electron chi connectivity index (χ4n) is 3.28. The third-order valence-electron chi connectivity index (χ3n) is 4.76. The molecule has 6 heteroatoms. The average Bonchev–Trinajstić information content (AvgIpc) is 2.53. The molecule has 2 fully saturated rings. The molecule has 0 radical (unpaired) electrons. The van der Waals surface area contributed by atoms with Crippen LogP contribution in [0.1, 0.15) is 51.9 Å².